The molecule has 1 aliphatic rings. The Morgan fingerprint density at radius 3 is 2.57 bits per heavy atom. The highest BCUT2D eigenvalue weighted by molar-refractivity contribution is 5.94. The van der Waals surface area contributed by atoms with Crippen LogP contribution in [0, 0.1) is 0 Å². The van der Waals surface area contributed by atoms with Gasteiger partial charge in [0, 0.05) is 12.2 Å². The van der Waals surface area contributed by atoms with E-state index in [1.54, 1.807) is 7.11 Å². The summed E-state index contributed by atoms with van der Waals surface area (Å²) in [5.74, 6) is 0.702. The Kier molecular flexibility index (Phi) is 8.73. The smallest absolute Gasteiger partial charge is 0.253 e. The Morgan fingerprint density at radius 1 is 1.14 bits per heavy atom. The fraction of sp³-hybridized carbons (Fsp3) is 0.381. The van der Waals surface area contributed by atoms with Crippen molar-refractivity contribution in [2.75, 3.05) is 19.0 Å². The zero-order valence-corrected chi connectivity index (χ0v) is 16.7. The van der Waals surface area contributed by atoms with E-state index in [2.05, 4.69) is 5.32 Å². The van der Waals surface area contributed by atoms with E-state index in [9.17, 15) is 4.79 Å². The van der Waals surface area contributed by atoms with Crippen LogP contribution in [0.2, 0.25) is 0 Å². The minimum atomic E-state index is -0.423. The SMILES string of the molecule is COc1ccc(COCc2cccc(NC(=O)[C@@H]3CC[C@H](CN)O3)c2)cc1.Cl. The normalized spacial score (nSPS) is 18.4. The van der Waals surface area contributed by atoms with E-state index in [4.69, 9.17) is 19.9 Å². The van der Waals surface area contributed by atoms with Crippen LogP contribution >= 0.6 is 12.4 Å². The van der Waals surface area contributed by atoms with Crippen molar-refractivity contribution in [3.8, 4) is 5.75 Å². The first-order valence-electron chi connectivity index (χ1n) is 9.14. The van der Waals surface area contributed by atoms with Crippen molar-refractivity contribution in [1.29, 1.82) is 0 Å². The lowest BCUT2D eigenvalue weighted by Crippen LogP contribution is -2.29. The predicted octanol–water partition coefficient (Wildman–Crippen LogP) is 3.28. The molecular weight excluding hydrogens is 380 g/mol. The van der Waals surface area contributed by atoms with Crippen molar-refractivity contribution in [2.24, 2.45) is 5.73 Å². The number of nitrogens with two attached hydrogens (primary N) is 1. The molecule has 0 spiro atoms. The van der Waals surface area contributed by atoms with Gasteiger partial charge in [0.2, 0.25) is 0 Å². The van der Waals surface area contributed by atoms with E-state index in [0.29, 0.717) is 26.2 Å². The monoisotopic (exact) mass is 406 g/mol. The first kappa shape index (κ1) is 22.2. The van der Waals surface area contributed by atoms with Gasteiger partial charge in [-0.15, -0.1) is 12.4 Å². The van der Waals surface area contributed by atoms with Crippen molar-refractivity contribution < 1.29 is 19.0 Å². The number of anilines is 1. The van der Waals surface area contributed by atoms with E-state index >= 15 is 0 Å². The van der Waals surface area contributed by atoms with Crippen LogP contribution in [0.25, 0.3) is 0 Å². The minimum absolute atomic E-state index is 0. The standard InChI is InChI=1S/C21H26N2O4.ClH/c1-25-18-7-5-15(6-8-18)13-26-14-16-3-2-4-17(11-16)23-21(24)20-10-9-19(12-22)27-20;/h2-8,11,19-20H,9-10,12-14,22H2,1H3,(H,23,24);1H/t19-,20+;/m1./s1. The molecule has 1 heterocycles. The molecule has 152 valence electrons. The second-order valence-corrected chi connectivity index (χ2v) is 6.59. The lowest BCUT2D eigenvalue weighted by molar-refractivity contribution is -0.126. The number of nitrogens with one attached hydrogen (secondary N) is 1. The van der Waals surface area contributed by atoms with Crippen molar-refractivity contribution in [2.45, 2.75) is 38.3 Å². The molecule has 1 amide bonds. The number of carbonyl (C=O) groups is 1. The molecule has 3 rings (SSSR count). The molecule has 0 aliphatic carbocycles. The lowest BCUT2D eigenvalue weighted by Gasteiger charge is -2.13. The Bertz CT molecular complexity index is 754. The van der Waals surface area contributed by atoms with Crippen molar-refractivity contribution in [3.05, 3.63) is 59.7 Å². The average Bonchev–Trinajstić information content (AvgIpc) is 3.18. The molecule has 0 saturated carbocycles. The molecule has 1 aliphatic heterocycles. The zero-order chi connectivity index (χ0) is 19.1. The molecule has 7 heteroatoms. The molecule has 2 aromatic rings. The summed E-state index contributed by atoms with van der Waals surface area (Å²) in [4.78, 5) is 12.3. The lowest BCUT2D eigenvalue weighted by atomic mass is 10.1. The Labute approximate surface area is 171 Å². The predicted molar refractivity (Wildman–Crippen MR) is 111 cm³/mol. The number of rotatable bonds is 8. The number of benzene rings is 2. The number of methoxy groups -OCH3 is 1. The number of amides is 1. The van der Waals surface area contributed by atoms with Gasteiger partial charge in [0.25, 0.3) is 5.91 Å². The van der Waals surface area contributed by atoms with Crippen LogP contribution in [-0.2, 0) is 27.5 Å². The maximum Gasteiger partial charge on any atom is 0.253 e. The van der Waals surface area contributed by atoms with E-state index < -0.39 is 6.10 Å². The highest BCUT2D eigenvalue weighted by Gasteiger charge is 2.29. The third kappa shape index (κ3) is 6.21. The van der Waals surface area contributed by atoms with Crippen molar-refractivity contribution in [3.63, 3.8) is 0 Å². The quantitative estimate of drug-likeness (QED) is 0.703. The topological polar surface area (TPSA) is 82.8 Å². The van der Waals surface area contributed by atoms with Crippen LogP contribution in [0.15, 0.2) is 48.5 Å². The summed E-state index contributed by atoms with van der Waals surface area (Å²) in [7, 11) is 1.65. The number of carbonyl (C=O) groups excluding carboxylic acids is 1. The molecule has 2 aromatic carbocycles. The summed E-state index contributed by atoms with van der Waals surface area (Å²) in [5, 5.41) is 2.92. The van der Waals surface area contributed by atoms with Gasteiger partial charge in [-0.05, 0) is 48.2 Å². The molecule has 28 heavy (non-hydrogen) atoms. The molecule has 1 fully saturated rings. The fourth-order valence-corrected chi connectivity index (χ4v) is 3.04. The second kappa shape index (κ2) is 11.0. The van der Waals surface area contributed by atoms with Gasteiger partial charge in [-0.1, -0.05) is 24.3 Å². The zero-order valence-electron chi connectivity index (χ0n) is 15.9. The first-order chi connectivity index (χ1) is 13.2. The van der Waals surface area contributed by atoms with Crippen molar-refractivity contribution in [1.82, 2.24) is 0 Å². The Morgan fingerprint density at radius 2 is 1.89 bits per heavy atom. The van der Waals surface area contributed by atoms with Crippen LogP contribution in [0.1, 0.15) is 24.0 Å². The molecule has 1 saturated heterocycles. The van der Waals surface area contributed by atoms with E-state index in [1.165, 1.54) is 0 Å². The molecule has 0 bridgehead atoms. The van der Waals surface area contributed by atoms with Gasteiger partial charge in [-0.2, -0.15) is 0 Å². The third-order valence-electron chi connectivity index (χ3n) is 4.55. The number of halogens is 1. The van der Waals surface area contributed by atoms with Crippen LogP contribution < -0.4 is 15.8 Å². The van der Waals surface area contributed by atoms with Crippen LogP contribution in [0.4, 0.5) is 5.69 Å². The highest BCUT2D eigenvalue weighted by Crippen LogP contribution is 2.21. The molecule has 0 aromatic heterocycles. The van der Waals surface area contributed by atoms with Crippen LogP contribution in [0.5, 0.6) is 5.75 Å². The van der Waals surface area contributed by atoms with Gasteiger partial charge in [-0.25, -0.2) is 0 Å². The number of ether oxygens (including phenoxy) is 3. The molecule has 6 nitrogen and oxygen atoms in total. The highest BCUT2D eigenvalue weighted by atomic mass is 35.5. The summed E-state index contributed by atoms with van der Waals surface area (Å²) in [6.45, 7) is 1.42. The number of hydrogen-bond acceptors (Lipinski definition) is 5. The first-order valence-corrected chi connectivity index (χ1v) is 9.14. The van der Waals surface area contributed by atoms with E-state index in [-0.39, 0.29) is 24.4 Å². The van der Waals surface area contributed by atoms with Gasteiger partial charge in [-0.3, -0.25) is 4.79 Å². The van der Waals surface area contributed by atoms with E-state index in [1.807, 2.05) is 48.5 Å². The summed E-state index contributed by atoms with van der Waals surface area (Å²) in [6, 6.07) is 15.4. The summed E-state index contributed by atoms with van der Waals surface area (Å²) in [6.07, 6.45) is 1.10. The number of hydrogen-bond donors (Lipinski definition) is 2. The molecule has 3 N–H and O–H groups in total. The molecule has 0 unspecified atom stereocenters. The Hall–Kier alpha value is -2.12. The third-order valence-corrected chi connectivity index (χ3v) is 4.55. The largest absolute Gasteiger partial charge is 0.497 e. The Balaban J connectivity index is 0.00000280. The van der Waals surface area contributed by atoms with Gasteiger partial charge in [0.15, 0.2) is 0 Å². The molecular formula is C21H27ClN2O4. The van der Waals surface area contributed by atoms with E-state index in [0.717, 1.165) is 29.0 Å². The van der Waals surface area contributed by atoms with Crippen LogP contribution in [-0.4, -0.2) is 31.8 Å². The average molecular weight is 407 g/mol. The summed E-state index contributed by atoms with van der Waals surface area (Å²) >= 11 is 0. The second-order valence-electron chi connectivity index (χ2n) is 6.59. The maximum atomic E-state index is 12.3. The van der Waals surface area contributed by atoms with Gasteiger partial charge in [0.1, 0.15) is 11.9 Å². The fourth-order valence-electron chi connectivity index (χ4n) is 3.04. The summed E-state index contributed by atoms with van der Waals surface area (Å²) < 4.78 is 16.6. The van der Waals surface area contributed by atoms with Gasteiger partial charge < -0.3 is 25.3 Å². The molecule has 2 atom stereocenters. The minimum Gasteiger partial charge on any atom is -0.497 e. The maximum absolute atomic E-state index is 12.3. The summed E-state index contributed by atoms with van der Waals surface area (Å²) in [5.41, 5.74) is 8.41. The van der Waals surface area contributed by atoms with Crippen molar-refractivity contribution >= 4 is 24.0 Å². The van der Waals surface area contributed by atoms with Gasteiger partial charge in [0.05, 0.1) is 26.4 Å². The van der Waals surface area contributed by atoms with Gasteiger partial charge >= 0.3 is 0 Å². The van der Waals surface area contributed by atoms with Crippen LogP contribution in [0.3, 0.4) is 0 Å². The molecule has 0 radical (unpaired) electrons.